The third-order valence-corrected chi connectivity index (χ3v) is 3.36. The molecule has 4 heteroatoms. The summed E-state index contributed by atoms with van der Waals surface area (Å²) in [4.78, 5) is 11.6. The van der Waals surface area contributed by atoms with E-state index in [1.165, 1.54) is 6.92 Å². The molecule has 0 aliphatic heterocycles. The number of carbonyl (C=O) groups excluding carboxylic acids is 1. The molecule has 2 aromatic rings. The van der Waals surface area contributed by atoms with Gasteiger partial charge in [0.25, 0.3) is 0 Å². The molecule has 2 aromatic carbocycles. The van der Waals surface area contributed by atoms with E-state index in [4.69, 9.17) is 9.47 Å². The van der Waals surface area contributed by atoms with Crippen molar-refractivity contribution in [2.24, 2.45) is 0 Å². The number of aryl methyl sites for hydroxylation is 1. The van der Waals surface area contributed by atoms with Crippen LogP contribution >= 0.6 is 15.9 Å². The van der Waals surface area contributed by atoms with Crippen LogP contribution in [0.15, 0.2) is 40.9 Å². The second-order valence-electron chi connectivity index (χ2n) is 4.45. The van der Waals surface area contributed by atoms with Crippen LogP contribution in [-0.2, 0) is 0 Å². The Bertz CT molecular complexity index is 650. The van der Waals surface area contributed by atoms with E-state index < -0.39 is 0 Å². The monoisotopic (exact) mass is 334 g/mol. The van der Waals surface area contributed by atoms with Crippen molar-refractivity contribution in [2.45, 2.75) is 13.8 Å². The number of Topliss-reactive ketones (excluding diaryl/α,β-unsaturated/α-hetero) is 1. The summed E-state index contributed by atoms with van der Waals surface area (Å²) in [5.74, 6) is 1.69. The van der Waals surface area contributed by atoms with Crippen molar-refractivity contribution >= 4 is 21.7 Å². The van der Waals surface area contributed by atoms with E-state index in [0.717, 1.165) is 10.0 Å². The first kappa shape index (κ1) is 14.6. The third-order valence-electron chi connectivity index (χ3n) is 2.86. The first-order valence-corrected chi connectivity index (χ1v) is 6.93. The molecule has 3 nitrogen and oxygen atoms in total. The minimum atomic E-state index is -0.0430. The van der Waals surface area contributed by atoms with Crippen LogP contribution in [0.2, 0.25) is 0 Å². The summed E-state index contributed by atoms with van der Waals surface area (Å²) in [5.41, 5.74) is 1.62. The van der Waals surface area contributed by atoms with Crippen LogP contribution in [0.25, 0.3) is 0 Å². The van der Waals surface area contributed by atoms with Gasteiger partial charge in [-0.15, -0.1) is 0 Å². The van der Waals surface area contributed by atoms with Gasteiger partial charge < -0.3 is 9.47 Å². The average Bonchev–Trinajstić information content (AvgIpc) is 2.40. The quantitative estimate of drug-likeness (QED) is 0.756. The van der Waals surface area contributed by atoms with Crippen molar-refractivity contribution in [3.05, 3.63) is 52.0 Å². The summed E-state index contributed by atoms with van der Waals surface area (Å²) >= 11 is 3.38. The largest absolute Gasteiger partial charge is 0.493 e. The molecule has 0 fully saturated rings. The highest BCUT2D eigenvalue weighted by molar-refractivity contribution is 9.10. The van der Waals surface area contributed by atoms with Gasteiger partial charge in [0.05, 0.1) is 12.7 Å². The summed E-state index contributed by atoms with van der Waals surface area (Å²) in [5, 5.41) is 0. The van der Waals surface area contributed by atoms with E-state index in [1.807, 2.05) is 31.2 Å². The molecular formula is C16H15BrO3. The number of carbonyl (C=O) groups is 1. The molecule has 0 bridgehead atoms. The summed E-state index contributed by atoms with van der Waals surface area (Å²) in [6, 6.07) is 11.0. The lowest BCUT2D eigenvalue weighted by atomic mass is 10.1. The van der Waals surface area contributed by atoms with Gasteiger partial charge in [0.2, 0.25) is 0 Å². The Morgan fingerprint density at radius 3 is 2.45 bits per heavy atom. The van der Waals surface area contributed by atoms with Crippen LogP contribution in [0.1, 0.15) is 22.8 Å². The highest BCUT2D eigenvalue weighted by Crippen LogP contribution is 2.35. The van der Waals surface area contributed by atoms with Crippen LogP contribution in [0.5, 0.6) is 17.2 Å². The first-order valence-electron chi connectivity index (χ1n) is 6.14. The van der Waals surface area contributed by atoms with Crippen LogP contribution < -0.4 is 9.47 Å². The molecule has 0 N–H and O–H groups in total. The Kier molecular flexibility index (Phi) is 4.45. The van der Waals surface area contributed by atoms with Crippen molar-refractivity contribution < 1.29 is 14.3 Å². The van der Waals surface area contributed by atoms with E-state index in [1.54, 1.807) is 19.2 Å². The van der Waals surface area contributed by atoms with E-state index >= 15 is 0 Å². The minimum absolute atomic E-state index is 0.0430. The standard InChI is InChI=1S/C16H15BrO3/c1-10-4-7-14(16(8-10)19-3)20-15-9-12(17)5-6-13(15)11(2)18/h4-9H,1-3H3. The third kappa shape index (κ3) is 3.20. The number of halogens is 1. The lowest BCUT2D eigenvalue weighted by Gasteiger charge is -2.13. The number of methoxy groups -OCH3 is 1. The number of hydrogen-bond donors (Lipinski definition) is 0. The summed E-state index contributed by atoms with van der Waals surface area (Å²) in [7, 11) is 1.59. The van der Waals surface area contributed by atoms with Gasteiger partial charge in [-0.1, -0.05) is 22.0 Å². The Hall–Kier alpha value is -1.81. The van der Waals surface area contributed by atoms with Gasteiger partial charge in [-0.05, 0) is 49.7 Å². The highest BCUT2D eigenvalue weighted by Gasteiger charge is 2.12. The van der Waals surface area contributed by atoms with Gasteiger partial charge in [0.15, 0.2) is 17.3 Å². The lowest BCUT2D eigenvalue weighted by Crippen LogP contribution is -1.98. The molecule has 2 rings (SSSR count). The van der Waals surface area contributed by atoms with Gasteiger partial charge >= 0.3 is 0 Å². The Labute approximate surface area is 126 Å². The number of ether oxygens (including phenoxy) is 2. The minimum Gasteiger partial charge on any atom is -0.493 e. The summed E-state index contributed by atoms with van der Waals surface area (Å²) in [6.45, 7) is 3.49. The van der Waals surface area contributed by atoms with E-state index in [0.29, 0.717) is 22.8 Å². The van der Waals surface area contributed by atoms with Crippen LogP contribution in [0.4, 0.5) is 0 Å². The zero-order valence-corrected chi connectivity index (χ0v) is 13.2. The number of hydrogen-bond acceptors (Lipinski definition) is 3. The Morgan fingerprint density at radius 1 is 1.05 bits per heavy atom. The maximum absolute atomic E-state index is 11.6. The molecule has 0 saturated carbocycles. The highest BCUT2D eigenvalue weighted by atomic mass is 79.9. The molecular weight excluding hydrogens is 320 g/mol. The van der Waals surface area contributed by atoms with Crippen LogP contribution in [0, 0.1) is 6.92 Å². The summed E-state index contributed by atoms with van der Waals surface area (Å²) < 4.78 is 12.0. The molecule has 0 unspecified atom stereocenters. The maximum Gasteiger partial charge on any atom is 0.169 e. The van der Waals surface area contributed by atoms with Gasteiger partial charge in [-0.3, -0.25) is 4.79 Å². The van der Waals surface area contributed by atoms with Gasteiger partial charge in [-0.2, -0.15) is 0 Å². The number of benzene rings is 2. The van der Waals surface area contributed by atoms with E-state index in [9.17, 15) is 4.79 Å². The van der Waals surface area contributed by atoms with Crippen LogP contribution in [0.3, 0.4) is 0 Å². The topological polar surface area (TPSA) is 35.5 Å². The second-order valence-corrected chi connectivity index (χ2v) is 5.37. The second kappa shape index (κ2) is 6.09. The normalized spacial score (nSPS) is 10.2. The number of rotatable bonds is 4. The van der Waals surface area contributed by atoms with Crippen molar-refractivity contribution in [1.82, 2.24) is 0 Å². The van der Waals surface area contributed by atoms with Gasteiger partial charge in [0, 0.05) is 4.47 Å². The molecule has 0 radical (unpaired) electrons. The van der Waals surface area contributed by atoms with Gasteiger partial charge in [0.1, 0.15) is 5.75 Å². The molecule has 0 spiro atoms. The molecule has 0 amide bonds. The fraction of sp³-hybridized carbons (Fsp3) is 0.188. The molecule has 0 aliphatic carbocycles. The first-order chi connectivity index (χ1) is 9.51. The molecule has 104 valence electrons. The maximum atomic E-state index is 11.6. The van der Waals surface area contributed by atoms with E-state index in [2.05, 4.69) is 15.9 Å². The molecule has 0 saturated heterocycles. The molecule has 20 heavy (non-hydrogen) atoms. The molecule has 0 aromatic heterocycles. The zero-order chi connectivity index (χ0) is 14.7. The average molecular weight is 335 g/mol. The smallest absolute Gasteiger partial charge is 0.169 e. The van der Waals surface area contributed by atoms with E-state index in [-0.39, 0.29) is 5.78 Å². The van der Waals surface area contributed by atoms with Crippen molar-refractivity contribution in [3.8, 4) is 17.2 Å². The fourth-order valence-corrected chi connectivity index (χ4v) is 2.19. The van der Waals surface area contributed by atoms with Crippen molar-refractivity contribution in [3.63, 3.8) is 0 Å². The fourth-order valence-electron chi connectivity index (χ4n) is 1.85. The molecule has 0 heterocycles. The van der Waals surface area contributed by atoms with Crippen molar-refractivity contribution in [2.75, 3.05) is 7.11 Å². The van der Waals surface area contributed by atoms with Crippen LogP contribution in [-0.4, -0.2) is 12.9 Å². The lowest BCUT2D eigenvalue weighted by molar-refractivity contribution is 0.101. The predicted octanol–water partition coefficient (Wildman–Crippen LogP) is 4.76. The zero-order valence-electron chi connectivity index (χ0n) is 11.6. The van der Waals surface area contributed by atoms with Gasteiger partial charge in [-0.25, -0.2) is 0 Å². The molecule has 0 aliphatic rings. The SMILES string of the molecule is COc1cc(C)ccc1Oc1cc(Br)ccc1C(C)=O. The van der Waals surface area contributed by atoms with Crippen molar-refractivity contribution in [1.29, 1.82) is 0 Å². The Balaban J connectivity index is 2.44. The summed E-state index contributed by atoms with van der Waals surface area (Å²) in [6.07, 6.45) is 0. The predicted molar refractivity (Wildman–Crippen MR) is 82.0 cm³/mol. The number of ketones is 1. The molecule has 0 atom stereocenters. The Morgan fingerprint density at radius 2 is 1.80 bits per heavy atom.